The van der Waals surface area contributed by atoms with E-state index < -0.39 is 23.9 Å². The second-order valence-corrected chi connectivity index (χ2v) is 4.59. The highest BCUT2D eigenvalue weighted by Gasteiger charge is 2.22. The first-order chi connectivity index (χ1) is 8.42. The summed E-state index contributed by atoms with van der Waals surface area (Å²) >= 11 is 1.50. The number of likely N-dealkylation sites (N-methyl/N-ethyl adjacent to an activating group) is 1. The summed E-state index contributed by atoms with van der Waals surface area (Å²) in [5, 5.41) is 11.3. The molecule has 0 saturated heterocycles. The molecule has 0 aromatic carbocycles. The first-order valence-corrected chi connectivity index (χ1v) is 6.87. The van der Waals surface area contributed by atoms with E-state index in [1.165, 1.54) is 11.8 Å². The summed E-state index contributed by atoms with van der Waals surface area (Å²) in [5.41, 5.74) is 5.00. The van der Waals surface area contributed by atoms with Crippen molar-refractivity contribution in [2.45, 2.75) is 19.4 Å². The Labute approximate surface area is 110 Å². The lowest BCUT2D eigenvalue weighted by Crippen LogP contribution is -2.50. The lowest BCUT2D eigenvalue weighted by molar-refractivity contribution is -0.139. The molecule has 3 amide bonds. The summed E-state index contributed by atoms with van der Waals surface area (Å²) in [6, 6.07) is -1.54. The van der Waals surface area contributed by atoms with Crippen molar-refractivity contribution in [1.29, 1.82) is 0 Å². The first kappa shape index (κ1) is 16.6. The van der Waals surface area contributed by atoms with Crippen molar-refractivity contribution in [2.24, 2.45) is 5.73 Å². The van der Waals surface area contributed by atoms with E-state index in [1.54, 1.807) is 6.92 Å². The zero-order valence-electron chi connectivity index (χ0n) is 10.5. The number of carboxylic acids is 1. The molecule has 0 saturated carbocycles. The van der Waals surface area contributed by atoms with Gasteiger partial charge in [-0.05, 0) is 25.4 Å². The van der Waals surface area contributed by atoms with Gasteiger partial charge in [-0.3, -0.25) is 4.79 Å². The van der Waals surface area contributed by atoms with E-state index in [-0.39, 0.29) is 13.1 Å². The average Bonchev–Trinajstić information content (AvgIpc) is 2.30. The number of amides is 3. The quantitative estimate of drug-likeness (QED) is 0.564. The molecule has 0 fully saturated rings. The number of nitrogens with two attached hydrogens (primary N) is 1. The Morgan fingerprint density at radius 1 is 1.44 bits per heavy atom. The monoisotopic (exact) mass is 277 g/mol. The number of carbonyl (C=O) groups is 3. The van der Waals surface area contributed by atoms with Crippen LogP contribution in [0.3, 0.4) is 0 Å². The van der Waals surface area contributed by atoms with Crippen LogP contribution in [0.2, 0.25) is 0 Å². The van der Waals surface area contributed by atoms with Crippen LogP contribution >= 0.6 is 11.8 Å². The Balaban J connectivity index is 4.46. The SMILES string of the molecule is CCN(CC(N)=O)C(=O)N[C@@H](CCSC)C(=O)O. The van der Waals surface area contributed by atoms with Crippen LogP contribution < -0.4 is 11.1 Å². The van der Waals surface area contributed by atoms with Crippen molar-refractivity contribution in [3.63, 3.8) is 0 Å². The zero-order chi connectivity index (χ0) is 14.1. The third-order valence-electron chi connectivity index (χ3n) is 2.22. The van der Waals surface area contributed by atoms with Crippen LogP contribution in [0.4, 0.5) is 4.79 Å². The normalized spacial score (nSPS) is 11.7. The number of carbonyl (C=O) groups excluding carboxylic acids is 2. The van der Waals surface area contributed by atoms with Crippen molar-refractivity contribution in [2.75, 3.05) is 25.1 Å². The smallest absolute Gasteiger partial charge is 0.326 e. The maximum Gasteiger partial charge on any atom is 0.326 e. The molecule has 0 aromatic rings. The third-order valence-corrected chi connectivity index (χ3v) is 2.87. The highest BCUT2D eigenvalue weighted by atomic mass is 32.2. The Kier molecular flexibility index (Phi) is 7.93. The molecule has 0 spiro atoms. The van der Waals surface area contributed by atoms with E-state index >= 15 is 0 Å². The van der Waals surface area contributed by atoms with Crippen molar-refractivity contribution < 1.29 is 19.5 Å². The van der Waals surface area contributed by atoms with E-state index in [0.717, 1.165) is 4.90 Å². The molecule has 4 N–H and O–H groups in total. The van der Waals surface area contributed by atoms with Gasteiger partial charge in [-0.2, -0.15) is 11.8 Å². The predicted octanol–water partition coefficient (Wildman–Crippen LogP) is -0.290. The summed E-state index contributed by atoms with van der Waals surface area (Å²) in [6.45, 7) is 1.74. The van der Waals surface area contributed by atoms with Crippen molar-refractivity contribution in [1.82, 2.24) is 10.2 Å². The van der Waals surface area contributed by atoms with Gasteiger partial charge in [0.05, 0.1) is 0 Å². The maximum absolute atomic E-state index is 11.7. The van der Waals surface area contributed by atoms with Crippen molar-refractivity contribution >= 4 is 29.7 Å². The number of nitrogens with one attached hydrogen (secondary N) is 1. The standard InChI is InChI=1S/C10H19N3O4S/c1-3-13(6-8(11)14)10(17)12-7(9(15)16)4-5-18-2/h7H,3-6H2,1-2H3,(H2,11,14)(H,12,17)(H,15,16)/t7-/m0/s1. The minimum atomic E-state index is -1.09. The van der Waals surface area contributed by atoms with E-state index in [2.05, 4.69) is 5.32 Å². The van der Waals surface area contributed by atoms with Gasteiger partial charge >= 0.3 is 12.0 Å². The largest absolute Gasteiger partial charge is 0.480 e. The molecule has 18 heavy (non-hydrogen) atoms. The van der Waals surface area contributed by atoms with Gasteiger partial charge < -0.3 is 21.1 Å². The highest BCUT2D eigenvalue weighted by molar-refractivity contribution is 7.98. The van der Waals surface area contributed by atoms with Crippen LogP contribution in [0.1, 0.15) is 13.3 Å². The molecule has 8 heteroatoms. The summed E-state index contributed by atoms with van der Waals surface area (Å²) in [7, 11) is 0. The number of aliphatic carboxylic acids is 1. The molecule has 0 bridgehead atoms. The molecule has 0 heterocycles. The molecule has 0 aliphatic rings. The molecule has 104 valence electrons. The van der Waals surface area contributed by atoms with Gasteiger partial charge in [0.1, 0.15) is 12.6 Å². The maximum atomic E-state index is 11.7. The molecule has 0 rings (SSSR count). The molecule has 0 aromatic heterocycles. The van der Waals surface area contributed by atoms with Gasteiger partial charge in [0.2, 0.25) is 5.91 Å². The summed E-state index contributed by atoms with van der Waals surface area (Å²) < 4.78 is 0. The number of thioether (sulfide) groups is 1. The molecule has 0 aliphatic heterocycles. The lowest BCUT2D eigenvalue weighted by Gasteiger charge is -2.22. The average molecular weight is 277 g/mol. The number of carboxylic acid groups (broad SMARTS) is 1. The van der Waals surface area contributed by atoms with Crippen LogP contribution in [-0.4, -0.2) is 59.1 Å². The zero-order valence-corrected chi connectivity index (χ0v) is 11.3. The van der Waals surface area contributed by atoms with Crippen LogP contribution in [0.25, 0.3) is 0 Å². The van der Waals surface area contributed by atoms with Crippen molar-refractivity contribution in [3.05, 3.63) is 0 Å². The first-order valence-electron chi connectivity index (χ1n) is 5.47. The number of nitrogens with zero attached hydrogens (tertiary/aromatic N) is 1. The minimum absolute atomic E-state index is 0.225. The van der Waals surface area contributed by atoms with Crippen molar-refractivity contribution in [3.8, 4) is 0 Å². The van der Waals surface area contributed by atoms with E-state index in [1.807, 2.05) is 6.26 Å². The molecular formula is C10H19N3O4S. The number of urea groups is 1. The Morgan fingerprint density at radius 2 is 2.06 bits per heavy atom. The van der Waals surface area contributed by atoms with Crippen LogP contribution in [-0.2, 0) is 9.59 Å². The minimum Gasteiger partial charge on any atom is -0.480 e. The van der Waals surface area contributed by atoms with Gasteiger partial charge in [0.25, 0.3) is 0 Å². The third kappa shape index (κ3) is 6.33. The van der Waals surface area contributed by atoms with Gasteiger partial charge in [0.15, 0.2) is 0 Å². The van der Waals surface area contributed by atoms with E-state index in [4.69, 9.17) is 10.8 Å². The number of hydrogen-bond acceptors (Lipinski definition) is 4. The van der Waals surface area contributed by atoms with Gasteiger partial charge in [-0.15, -0.1) is 0 Å². The molecule has 0 aliphatic carbocycles. The topological polar surface area (TPSA) is 113 Å². The van der Waals surface area contributed by atoms with Gasteiger partial charge in [0, 0.05) is 6.54 Å². The molecule has 7 nitrogen and oxygen atoms in total. The highest BCUT2D eigenvalue weighted by Crippen LogP contribution is 2.02. The fourth-order valence-corrected chi connectivity index (χ4v) is 1.72. The molecule has 0 radical (unpaired) electrons. The fraction of sp³-hybridized carbons (Fsp3) is 0.700. The Bertz CT molecular complexity index is 311. The molecule has 0 unspecified atom stereocenters. The van der Waals surface area contributed by atoms with Gasteiger partial charge in [-0.25, -0.2) is 9.59 Å². The molecule has 1 atom stereocenters. The Morgan fingerprint density at radius 3 is 2.44 bits per heavy atom. The molecular weight excluding hydrogens is 258 g/mol. The summed E-state index contributed by atoms with van der Waals surface area (Å²) in [5.74, 6) is -1.10. The van der Waals surface area contributed by atoms with Crippen LogP contribution in [0.15, 0.2) is 0 Å². The lowest BCUT2D eigenvalue weighted by atomic mass is 10.2. The van der Waals surface area contributed by atoms with E-state index in [0.29, 0.717) is 12.2 Å². The summed E-state index contributed by atoms with van der Waals surface area (Å²) in [6.07, 6.45) is 2.18. The summed E-state index contributed by atoms with van der Waals surface area (Å²) in [4.78, 5) is 34.6. The second-order valence-electron chi connectivity index (χ2n) is 3.60. The number of primary amides is 1. The van der Waals surface area contributed by atoms with Crippen LogP contribution in [0, 0.1) is 0 Å². The fourth-order valence-electron chi connectivity index (χ4n) is 1.25. The number of rotatable bonds is 8. The number of hydrogen-bond donors (Lipinski definition) is 3. The second kappa shape index (κ2) is 8.62. The van der Waals surface area contributed by atoms with Crippen LogP contribution in [0.5, 0.6) is 0 Å². The van der Waals surface area contributed by atoms with Gasteiger partial charge in [-0.1, -0.05) is 0 Å². The predicted molar refractivity (Wildman–Crippen MR) is 69.4 cm³/mol. The van der Waals surface area contributed by atoms with E-state index in [9.17, 15) is 14.4 Å². The Hall–Kier alpha value is -1.44.